The molecule has 0 unspecified atom stereocenters. The van der Waals surface area contributed by atoms with Crippen LogP contribution in [0.5, 0.6) is 0 Å². The van der Waals surface area contributed by atoms with Crippen LogP contribution in [-0.2, 0) is 7.05 Å². The smallest absolute Gasteiger partial charge is 0.261 e. The molecule has 0 aliphatic heterocycles. The van der Waals surface area contributed by atoms with Crippen molar-refractivity contribution in [2.24, 2.45) is 7.05 Å². The number of quaternary nitrogens is 1. The molecule has 1 atom stereocenters. The van der Waals surface area contributed by atoms with Crippen LogP contribution in [0.1, 0.15) is 38.6 Å². The van der Waals surface area contributed by atoms with Gasteiger partial charge in [-0.15, -0.1) is 0 Å². The zero-order valence-corrected chi connectivity index (χ0v) is 11.9. The van der Waals surface area contributed by atoms with E-state index < -0.39 is 0 Å². The SMILES string of the molecule is CCCC[NH2+][C@@H](C)c1nc2ccccc2c(=O)n1C. The number of fused-ring (bicyclic) bond motifs is 1. The van der Waals surface area contributed by atoms with Gasteiger partial charge in [0.25, 0.3) is 5.56 Å². The van der Waals surface area contributed by atoms with Crippen LogP contribution in [0, 0.1) is 0 Å². The van der Waals surface area contributed by atoms with Crippen molar-refractivity contribution in [2.75, 3.05) is 6.54 Å². The lowest BCUT2D eigenvalue weighted by molar-refractivity contribution is -0.694. The summed E-state index contributed by atoms with van der Waals surface area (Å²) in [5, 5.41) is 2.94. The van der Waals surface area contributed by atoms with Crippen LogP contribution in [0.3, 0.4) is 0 Å². The van der Waals surface area contributed by atoms with Crippen LogP contribution in [-0.4, -0.2) is 16.1 Å². The topological polar surface area (TPSA) is 51.5 Å². The fraction of sp³-hybridized carbons (Fsp3) is 0.467. The number of unbranched alkanes of at least 4 members (excludes halogenated alkanes) is 1. The molecule has 19 heavy (non-hydrogen) atoms. The van der Waals surface area contributed by atoms with E-state index in [9.17, 15) is 4.79 Å². The van der Waals surface area contributed by atoms with Gasteiger partial charge in [0, 0.05) is 7.05 Å². The quantitative estimate of drug-likeness (QED) is 0.825. The number of nitrogens with zero attached hydrogens (tertiary/aromatic N) is 2. The van der Waals surface area contributed by atoms with Crippen LogP contribution in [0.15, 0.2) is 29.1 Å². The van der Waals surface area contributed by atoms with Gasteiger partial charge in [0.15, 0.2) is 5.82 Å². The Morgan fingerprint density at radius 3 is 2.84 bits per heavy atom. The third-order valence-corrected chi connectivity index (χ3v) is 3.50. The second-order valence-corrected chi connectivity index (χ2v) is 5.02. The van der Waals surface area contributed by atoms with Gasteiger partial charge in [-0.1, -0.05) is 25.5 Å². The van der Waals surface area contributed by atoms with E-state index in [1.807, 2.05) is 24.3 Å². The Morgan fingerprint density at radius 2 is 2.11 bits per heavy atom. The Hall–Kier alpha value is -1.68. The number of aromatic nitrogens is 2. The first-order valence-electron chi connectivity index (χ1n) is 6.94. The molecule has 1 aromatic carbocycles. The summed E-state index contributed by atoms with van der Waals surface area (Å²) in [5.74, 6) is 0.847. The molecule has 0 fully saturated rings. The summed E-state index contributed by atoms with van der Waals surface area (Å²) in [6.07, 6.45) is 2.37. The van der Waals surface area contributed by atoms with Gasteiger partial charge < -0.3 is 5.32 Å². The van der Waals surface area contributed by atoms with Gasteiger partial charge in [-0.3, -0.25) is 9.36 Å². The van der Waals surface area contributed by atoms with E-state index >= 15 is 0 Å². The van der Waals surface area contributed by atoms with Crippen LogP contribution < -0.4 is 10.9 Å². The van der Waals surface area contributed by atoms with Crippen molar-refractivity contribution in [3.8, 4) is 0 Å². The number of hydrogen-bond acceptors (Lipinski definition) is 2. The molecule has 0 aliphatic carbocycles. The Kier molecular flexibility index (Phi) is 4.32. The second kappa shape index (κ2) is 5.97. The Labute approximate surface area is 113 Å². The van der Waals surface area contributed by atoms with E-state index in [1.54, 1.807) is 11.6 Å². The molecule has 1 aromatic heterocycles. The molecule has 1 heterocycles. The number of para-hydroxylation sites is 1. The van der Waals surface area contributed by atoms with Crippen LogP contribution in [0.2, 0.25) is 0 Å². The average molecular weight is 260 g/mol. The summed E-state index contributed by atoms with van der Waals surface area (Å²) < 4.78 is 1.68. The van der Waals surface area contributed by atoms with Crippen molar-refractivity contribution in [3.63, 3.8) is 0 Å². The van der Waals surface area contributed by atoms with Crippen molar-refractivity contribution in [1.29, 1.82) is 0 Å². The van der Waals surface area contributed by atoms with Crippen molar-refractivity contribution >= 4 is 10.9 Å². The highest BCUT2D eigenvalue weighted by Crippen LogP contribution is 2.10. The van der Waals surface area contributed by atoms with E-state index in [1.165, 1.54) is 12.8 Å². The largest absolute Gasteiger partial charge is 0.338 e. The summed E-state index contributed by atoms with van der Waals surface area (Å²) in [6.45, 7) is 5.36. The molecule has 0 spiro atoms. The van der Waals surface area contributed by atoms with Gasteiger partial charge in [0.2, 0.25) is 0 Å². The van der Waals surface area contributed by atoms with Gasteiger partial charge in [-0.25, -0.2) is 4.98 Å². The minimum atomic E-state index is 0.0383. The van der Waals surface area contributed by atoms with Crippen LogP contribution in [0.4, 0.5) is 0 Å². The normalized spacial score (nSPS) is 12.8. The first-order valence-corrected chi connectivity index (χ1v) is 6.94. The highest BCUT2D eigenvalue weighted by Gasteiger charge is 2.16. The third-order valence-electron chi connectivity index (χ3n) is 3.50. The van der Waals surface area contributed by atoms with Gasteiger partial charge in [0.05, 0.1) is 17.4 Å². The molecule has 4 heteroatoms. The fourth-order valence-corrected chi connectivity index (χ4v) is 2.32. The molecule has 0 radical (unpaired) electrons. The second-order valence-electron chi connectivity index (χ2n) is 5.02. The summed E-state index contributed by atoms with van der Waals surface area (Å²) in [5.41, 5.74) is 0.827. The van der Waals surface area contributed by atoms with E-state index in [0.29, 0.717) is 5.39 Å². The molecule has 0 bridgehead atoms. The van der Waals surface area contributed by atoms with Crippen molar-refractivity contribution in [3.05, 3.63) is 40.4 Å². The predicted molar refractivity (Wildman–Crippen MR) is 77.1 cm³/mol. The first kappa shape index (κ1) is 13.7. The summed E-state index contributed by atoms with van der Waals surface area (Å²) in [7, 11) is 1.81. The highest BCUT2D eigenvalue weighted by molar-refractivity contribution is 5.77. The summed E-state index contributed by atoms with van der Waals surface area (Å²) in [6, 6.07) is 7.74. The lowest BCUT2D eigenvalue weighted by Gasteiger charge is -2.14. The maximum Gasteiger partial charge on any atom is 0.261 e. The van der Waals surface area contributed by atoms with E-state index in [-0.39, 0.29) is 11.6 Å². The van der Waals surface area contributed by atoms with Gasteiger partial charge in [0.1, 0.15) is 6.04 Å². The Balaban J connectivity index is 2.38. The zero-order chi connectivity index (χ0) is 13.8. The highest BCUT2D eigenvalue weighted by atomic mass is 16.1. The number of hydrogen-bond donors (Lipinski definition) is 1. The summed E-state index contributed by atoms with van der Waals surface area (Å²) >= 11 is 0. The molecular formula is C15H22N3O+. The molecule has 0 saturated carbocycles. The maximum atomic E-state index is 12.3. The molecular weight excluding hydrogens is 238 g/mol. The molecule has 0 saturated heterocycles. The van der Waals surface area contributed by atoms with Gasteiger partial charge in [-0.05, 0) is 25.5 Å². The zero-order valence-electron chi connectivity index (χ0n) is 11.9. The molecule has 4 nitrogen and oxygen atoms in total. The van der Waals surface area contributed by atoms with Crippen molar-refractivity contribution in [2.45, 2.75) is 32.7 Å². The van der Waals surface area contributed by atoms with E-state index in [0.717, 1.165) is 17.9 Å². The average Bonchev–Trinajstić information content (AvgIpc) is 2.43. The molecule has 2 rings (SSSR count). The monoisotopic (exact) mass is 260 g/mol. The summed E-state index contributed by atoms with van der Waals surface area (Å²) in [4.78, 5) is 16.9. The number of nitrogens with two attached hydrogens (primary N) is 1. The molecule has 0 aliphatic rings. The Bertz CT molecular complexity index is 618. The predicted octanol–water partition coefficient (Wildman–Crippen LogP) is 1.36. The number of benzene rings is 1. The fourth-order valence-electron chi connectivity index (χ4n) is 2.32. The minimum absolute atomic E-state index is 0.0383. The molecule has 0 amide bonds. The Morgan fingerprint density at radius 1 is 1.37 bits per heavy atom. The third kappa shape index (κ3) is 2.84. The molecule has 2 aromatic rings. The first-order chi connectivity index (χ1) is 9.15. The maximum absolute atomic E-state index is 12.3. The lowest BCUT2D eigenvalue weighted by Crippen LogP contribution is -2.85. The molecule has 102 valence electrons. The van der Waals surface area contributed by atoms with E-state index in [2.05, 4.69) is 24.1 Å². The van der Waals surface area contributed by atoms with Gasteiger partial charge >= 0.3 is 0 Å². The van der Waals surface area contributed by atoms with Crippen molar-refractivity contribution < 1.29 is 5.32 Å². The molecule has 2 N–H and O–H groups in total. The van der Waals surface area contributed by atoms with Crippen LogP contribution in [0.25, 0.3) is 10.9 Å². The van der Waals surface area contributed by atoms with E-state index in [4.69, 9.17) is 0 Å². The standard InChI is InChI=1S/C15H21N3O/c1-4-5-10-16-11(2)14-17-13-9-7-6-8-12(13)15(19)18(14)3/h6-9,11,16H,4-5,10H2,1-3H3/p+1/t11-/m0/s1. The van der Waals surface area contributed by atoms with Gasteiger partial charge in [-0.2, -0.15) is 0 Å². The van der Waals surface area contributed by atoms with Crippen LogP contribution >= 0.6 is 0 Å². The lowest BCUT2D eigenvalue weighted by atomic mass is 10.2. The number of rotatable bonds is 5. The van der Waals surface area contributed by atoms with Crippen molar-refractivity contribution in [1.82, 2.24) is 9.55 Å². The minimum Gasteiger partial charge on any atom is -0.338 e.